The molecule has 1 unspecified atom stereocenters. The number of rotatable bonds is 2. The number of nitriles is 1. The summed E-state index contributed by atoms with van der Waals surface area (Å²) >= 11 is 0. The van der Waals surface area contributed by atoms with Crippen LogP contribution in [0.4, 0.5) is 0 Å². The van der Waals surface area contributed by atoms with Crippen LogP contribution in [0.25, 0.3) is 0 Å². The van der Waals surface area contributed by atoms with E-state index in [0.717, 1.165) is 21.8 Å². The van der Waals surface area contributed by atoms with Gasteiger partial charge in [-0.2, -0.15) is 5.26 Å². The van der Waals surface area contributed by atoms with E-state index in [2.05, 4.69) is 19.9 Å². The monoisotopic (exact) mass is 378 g/mol. The average Bonchev–Trinajstić information content (AvgIpc) is 2.68. The molecule has 2 heterocycles. The molecule has 0 amide bonds. The SMILES string of the molecule is Cc1ccc(S(=O)N2C=C(C#N)[C@@H]3c4ccccc4OC[C@H]3C2(C)C)cc1. The van der Waals surface area contributed by atoms with E-state index >= 15 is 0 Å². The summed E-state index contributed by atoms with van der Waals surface area (Å²) in [6.45, 7) is 6.67. The molecule has 0 aromatic heterocycles. The van der Waals surface area contributed by atoms with E-state index in [0.29, 0.717) is 12.2 Å². The van der Waals surface area contributed by atoms with Gasteiger partial charge in [0.2, 0.25) is 0 Å². The lowest BCUT2D eigenvalue weighted by Crippen LogP contribution is -2.55. The van der Waals surface area contributed by atoms with Gasteiger partial charge in [-0.3, -0.25) is 4.31 Å². The highest BCUT2D eigenvalue weighted by atomic mass is 32.2. The van der Waals surface area contributed by atoms with Gasteiger partial charge < -0.3 is 4.74 Å². The molecule has 2 aromatic carbocycles. The first kappa shape index (κ1) is 17.8. The molecule has 0 bridgehead atoms. The van der Waals surface area contributed by atoms with Crippen LogP contribution in [0.2, 0.25) is 0 Å². The first-order valence-corrected chi connectivity index (χ1v) is 10.2. The Hall–Kier alpha value is -2.58. The van der Waals surface area contributed by atoms with Gasteiger partial charge in [-0.05, 0) is 39.0 Å². The molecule has 0 fully saturated rings. The van der Waals surface area contributed by atoms with Crippen molar-refractivity contribution in [2.24, 2.45) is 5.92 Å². The molecular weight excluding hydrogens is 356 g/mol. The average molecular weight is 378 g/mol. The molecular formula is C22H22N2O2S. The Labute approximate surface area is 162 Å². The first-order chi connectivity index (χ1) is 12.9. The first-order valence-electron chi connectivity index (χ1n) is 9.05. The smallest absolute Gasteiger partial charge is 0.152 e. The maximum absolute atomic E-state index is 13.4. The fraction of sp³-hybridized carbons (Fsp3) is 0.318. The van der Waals surface area contributed by atoms with Crippen molar-refractivity contribution in [3.05, 3.63) is 71.4 Å². The molecule has 3 atom stereocenters. The van der Waals surface area contributed by atoms with Gasteiger partial charge in [0, 0.05) is 23.6 Å². The number of ether oxygens (including phenoxy) is 1. The van der Waals surface area contributed by atoms with Crippen molar-refractivity contribution >= 4 is 11.0 Å². The van der Waals surface area contributed by atoms with Gasteiger partial charge in [-0.25, -0.2) is 4.21 Å². The van der Waals surface area contributed by atoms with Gasteiger partial charge in [-0.15, -0.1) is 0 Å². The van der Waals surface area contributed by atoms with Gasteiger partial charge in [0.25, 0.3) is 0 Å². The van der Waals surface area contributed by atoms with Crippen LogP contribution in [-0.4, -0.2) is 20.7 Å². The summed E-state index contributed by atoms with van der Waals surface area (Å²) in [5.74, 6) is 0.825. The predicted molar refractivity (Wildman–Crippen MR) is 105 cm³/mol. The van der Waals surface area contributed by atoms with Gasteiger partial charge in [0.1, 0.15) is 5.75 Å². The fourth-order valence-corrected chi connectivity index (χ4v) is 5.39. The van der Waals surface area contributed by atoms with Gasteiger partial charge >= 0.3 is 0 Å². The van der Waals surface area contributed by atoms with Crippen molar-refractivity contribution in [2.45, 2.75) is 37.1 Å². The number of fused-ring (bicyclic) bond motifs is 3. The summed E-state index contributed by atoms with van der Waals surface area (Å²) in [7, 11) is -1.39. The summed E-state index contributed by atoms with van der Waals surface area (Å²) in [5, 5.41) is 9.85. The molecule has 138 valence electrons. The quantitative estimate of drug-likeness (QED) is 0.782. The maximum Gasteiger partial charge on any atom is 0.152 e. The summed E-state index contributed by atoms with van der Waals surface area (Å²) < 4.78 is 21.2. The van der Waals surface area contributed by atoms with Crippen LogP contribution in [0.1, 0.15) is 30.9 Å². The molecule has 27 heavy (non-hydrogen) atoms. The highest BCUT2D eigenvalue weighted by molar-refractivity contribution is 7.82. The molecule has 0 aliphatic carbocycles. The molecule has 2 aromatic rings. The van der Waals surface area contributed by atoms with Crippen molar-refractivity contribution in [2.75, 3.05) is 6.61 Å². The number of allylic oxidation sites excluding steroid dienone is 1. The fourth-order valence-electron chi connectivity index (χ4n) is 4.02. The largest absolute Gasteiger partial charge is 0.493 e. The second-order valence-electron chi connectivity index (χ2n) is 7.67. The third-order valence-corrected chi connectivity index (χ3v) is 7.28. The Kier molecular flexibility index (Phi) is 4.32. The molecule has 2 aliphatic heterocycles. The lowest BCUT2D eigenvalue weighted by molar-refractivity contribution is 0.0842. The molecule has 5 heteroatoms. The molecule has 0 saturated carbocycles. The zero-order valence-corrected chi connectivity index (χ0v) is 16.5. The third-order valence-electron chi connectivity index (χ3n) is 5.67. The Balaban J connectivity index is 1.81. The minimum absolute atomic E-state index is 0.0291. The summed E-state index contributed by atoms with van der Waals surface area (Å²) in [5.41, 5.74) is 2.36. The second kappa shape index (κ2) is 6.54. The summed E-state index contributed by atoms with van der Waals surface area (Å²) in [4.78, 5) is 0.734. The van der Waals surface area contributed by atoms with E-state index in [9.17, 15) is 9.47 Å². The van der Waals surface area contributed by atoms with E-state index in [4.69, 9.17) is 4.74 Å². The van der Waals surface area contributed by atoms with Crippen LogP contribution in [0.5, 0.6) is 5.75 Å². The number of aryl methyl sites for hydroxylation is 1. The van der Waals surface area contributed by atoms with Gasteiger partial charge in [0.05, 0.1) is 28.7 Å². The Bertz CT molecular complexity index is 973. The van der Waals surface area contributed by atoms with Crippen LogP contribution in [0.15, 0.2) is 65.2 Å². The highest BCUT2D eigenvalue weighted by Crippen LogP contribution is 2.50. The molecule has 0 N–H and O–H groups in total. The van der Waals surface area contributed by atoms with E-state index in [1.165, 1.54) is 0 Å². The van der Waals surface area contributed by atoms with Crippen LogP contribution < -0.4 is 4.74 Å². The van der Waals surface area contributed by atoms with Gasteiger partial charge in [0.15, 0.2) is 11.0 Å². The summed E-state index contributed by atoms with van der Waals surface area (Å²) in [6.07, 6.45) is 1.79. The number of nitrogens with zero attached hydrogens (tertiary/aromatic N) is 2. The molecule has 4 nitrogen and oxygen atoms in total. The highest BCUT2D eigenvalue weighted by Gasteiger charge is 2.50. The minimum atomic E-state index is -1.39. The number of hydrogen-bond acceptors (Lipinski definition) is 3. The van der Waals surface area contributed by atoms with Crippen molar-refractivity contribution in [1.82, 2.24) is 4.31 Å². The predicted octanol–water partition coefficient (Wildman–Crippen LogP) is 4.31. The standard InChI is InChI=1S/C22H22N2O2S/c1-15-8-10-17(11-9-15)27(25)24-13-16(12-23)21-18-6-4-5-7-20(18)26-14-19(21)22(24,2)3/h4-11,13,19,21H,14H2,1-3H3/t19-,21-,27?/m1/s1. The number of benzene rings is 2. The minimum Gasteiger partial charge on any atom is -0.493 e. The zero-order valence-electron chi connectivity index (χ0n) is 15.7. The van der Waals surface area contributed by atoms with E-state index < -0.39 is 16.5 Å². The Morgan fingerprint density at radius 2 is 1.89 bits per heavy atom. The zero-order chi connectivity index (χ0) is 19.2. The van der Waals surface area contributed by atoms with Crippen LogP contribution >= 0.6 is 0 Å². The Morgan fingerprint density at radius 3 is 2.59 bits per heavy atom. The van der Waals surface area contributed by atoms with E-state index in [-0.39, 0.29) is 11.8 Å². The maximum atomic E-state index is 13.4. The molecule has 4 rings (SSSR count). The topological polar surface area (TPSA) is 53.3 Å². The lowest BCUT2D eigenvalue weighted by Gasteiger charge is -2.50. The number of para-hydroxylation sites is 1. The lowest BCUT2D eigenvalue weighted by atomic mass is 9.69. The number of hydrogen-bond donors (Lipinski definition) is 0. The molecule has 2 aliphatic rings. The molecule has 0 radical (unpaired) electrons. The van der Waals surface area contributed by atoms with Crippen molar-refractivity contribution < 1.29 is 8.95 Å². The molecule has 0 spiro atoms. The van der Waals surface area contributed by atoms with Crippen LogP contribution in [0, 0.1) is 24.2 Å². The second-order valence-corrected chi connectivity index (χ2v) is 9.03. The van der Waals surface area contributed by atoms with Crippen LogP contribution in [-0.2, 0) is 11.0 Å². The van der Waals surface area contributed by atoms with Crippen molar-refractivity contribution in [3.63, 3.8) is 0 Å². The van der Waals surface area contributed by atoms with Crippen LogP contribution in [0.3, 0.4) is 0 Å². The van der Waals surface area contributed by atoms with E-state index in [1.54, 1.807) is 6.20 Å². The van der Waals surface area contributed by atoms with Gasteiger partial charge in [-0.1, -0.05) is 35.9 Å². The normalized spacial score (nSPS) is 23.9. The van der Waals surface area contributed by atoms with Crippen molar-refractivity contribution in [1.29, 1.82) is 5.26 Å². The van der Waals surface area contributed by atoms with E-state index in [1.807, 2.05) is 59.8 Å². The third kappa shape index (κ3) is 2.85. The summed E-state index contributed by atoms with van der Waals surface area (Å²) in [6, 6.07) is 18.0. The Morgan fingerprint density at radius 1 is 1.19 bits per heavy atom. The molecule has 0 saturated heterocycles. The van der Waals surface area contributed by atoms with Crippen molar-refractivity contribution in [3.8, 4) is 11.8 Å².